The van der Waals surface area contributed by atoms with Crippen LogP contribution >= 0.6 is 0 Å². The third kappa shape index (κ3) is 2.53. The van der Waals surface area contributed by atoms with Crippen LogP contribution in [0, 0.1) is 5.82 Å². The zero-order valence-electron chi connectivity index (χ0n) is 8.92. The number of hydrogen-bond donors (Lipinski definition) is 1. The van der Waals surface area contributed by atoms with Gasteiger partial charge in [-0.05, 0) is 32.6 Å². The quantitative estimate of drug-likeness (QED) is 0.744. The second-order valence-electron chi connectivity index (χ2n) is 4.02. The zero-order chi connectivity index (χ0) is 10.8. The summed E-state index contributed by atoms with van der Waals surface area (Å²) in [4.78, 5) is 1.89. The molecule has 2 nitrogen and oxygen atoms in total. The zero-order valence-corrected chi connectivity index (χ0v) is 8.92. The van der Waals surface area contributed by atoms with Gasteiger partial charge in [-0.25, -0.2) is 4.39 Å². The average molecular weight is 196 g/mol. The van der Waals surface area contributed by atoms with Crippen LogP contribution in [0.25, 0.3) is 0 Å². The Bertz CT molecular complexity index is 308. The van der Waals surface area contributed by atoms with Gasteiger partial charge >= 0.3 is 0 Å². The van der Waals surface area contributed by atoms with Crippen molar-refractivity contribution >= 4 is 0 Å². The van der Waals surface area contributed by atoms with Gasteiger partial charge in [0.05, 0.1) is 5.66 Å². The SMILES string of the molecule is CN(C)C(C)(N)Cc1ccccc1F. The Morgan fingerprint density at radius 3 is 2.43 bits per heavy atom. The van der Waals surface area contributed by atoms with Crippen LogP contribution in [0.3, 0.4) is 0 Å². The lowest BCUT2D eigenvalue weighted by atomic mass is 10.0. The Labute approximate surface area is 84.5 Å². The van der Waals surface area contributed by atoms with Crippen LogP contribution in [-0.4, -0.2) is 24.7 Å². The number of rotatable bonds is 3. The van der Waals surface area contributed by atoms with Gasteiger partial charge in [-0.15, -0.1) is 0 Å². The standard InChI is InChI=1S/C11H17FN2/c1-11(13,14(2)3)8-9-6-4-5-7-10(9)12/h4-7H,8,13H2,1-3H3. The van der Waals surface area contributed by atoms with Gasteiger partial charge in [0.25, 0.3) is 0 Å². The molecular weight excluding hydrogens is 179 g/mol. The van der Waals surface area contributed by atoms with Crippen molar-refractivity contribution in [3.8, 4) is 0 Å². The minimum Gasteiger partial charge on any atom is -0.313 e. The first-order valence-corrected chi connectivity index (χ1v) is 4.63. The van der Waals surface area contributed by atoms with Crippen molar-refractivity contribution in [3.05, 3.63) is 35.6 Å². The summed E-state index contributed by atoms with van der Waals surface area (Å²) in [6.07, 6.45) is 0.507. The minimum atomic E-state index is -0.512. The third-order valence-corrected chi connectivity index (χ3v) is 2.53. The van der Waals surface area contributed by atoms with Crippen molar-refractivity contribution < 1.29 is 4.39 Å². The topological polar surface area (TPSA) is 29.3 Å². The number of hydrogen-bond acceptors (Lipinski definition) is 2. The Balaban J connectivity index is 2.84. The average Bonchev–Trinajstić information content (AvgIpc) is 2.08. The van der Waals surface area contributed by atoms with Crippen molar-refractivity contribution in [1.29, 1.82) is 0 Å². The fraction of sp³-hybridized carbons (Fsp3) is 0.455. The molecule has 0 saturated carbocycles. The molecule has 0 amide bonds. The number of halogens is 1. The van der Waals surface area contributed by atoms with Gasteiger partial charge in [-0.3, -0.25) is 4.90 Å². The molecule has 0 aliphatic rings. The van der Waals surface area contributed by atoms with Crippen molar-refractivity contribution in [2.45, 2.75) is 19.0 Å². The van der Waals surface area contributed by atoms with Crippen molar-refractivity contribution in [1.82, 2.24) is 4.90 Å². The van der Waals surface area contributed by atoms with E-state index in [0.717, 1.165) is 0 Å². The molecule has 1 unspecified atom stereocenters. The summed E-state index contributed by atoms with van der Waals surface area (Å²) in [5.41, 5.74) is 6.17. The molecule has 0 spiro atoms. The molecule has 0 heterocycles. The first-order valence-electron chi connectivity index (χ1n) is 4.63. The summed E-state index contributed by atoms with van der Waals surface area (Å²) in [5.74, 6) is -0.189. The second kappa shape index (κ2) is 4.07. The maximum Gasteiger partial charge on any atom is 0.126 e. The summed E-state index contributed by atoms with van der Waals surface area (Å²) in [5, 5.41) is 0. The molecule has 78 valence electrons. The predicted molar refractivity (Wildman–Crippen MR) is 56.4 cm³/mol. The van der Waals surface area contributed by atoms with Gasteiger partial charge in [0.15, 0.2) is 0 Å². The van der Waals surface area contributed by atoms with E-state index in [1.807, 2.05) is 32.0 Å². The van der Waals surface area contributed by atoms with Gasteiger partial charge in [-0.2, -0.15) is 0 Å². The largest absolute Gasteiger partial charge is 0.313 e. The number of likely N-dealkylation sites (N-methyl/N-ethyl adjacent to an activating group) is 1. The van der Waals surface area contributed by atoms with Crippen LogP contribution in [0.15, 0.2) is 24.3 Å². The Hall–Kier alpha value is -0.930. The summed E-state index contributed by atoms with van der Waals surface area (Å²) < 4.78 is 13.3. The van der Waals surface area contributed by atoms with Crippen molar-refractivity contribution in [2.75, 3.05) is 14.1 Å². The van der Waals surface area contributed by atoms with Gasteiger partial charge in [0.1, 0.15) is 5.82 Å². The fourth-order valence-corrected chi connectivity index (χ4v) is 1.19. The van der Waals surface area contributed by atoms with Crippen LogP contribution in [0.2, 0.25) is 0 Å². The summed E-state index contributed by atoms with van der Waals surface area (Å²) in [7, 11) is 3.78. The molecular formula is C11H17FN2. The first kappa shape index (κ1) is 11.1. The molecule has 0 bridgehead atoms. The van der Waals surface area contributed by atoms with Gasteiger partial charge in [0.2, 0.25) is 0 Å². The number of nitrogens with two attached hydrogens (primary N) is 1. The molecule has 0 aromatic heterocycles. The first-order chi connectivity index (χ1) is 6.43. The highest BCUT2D eigenvalue weighted by Gasteiger charge is 2.22. The van der Waals surface area contributed by atoms with E-state index in [4.69, 9.17) is 5.73 Å². The molecule has 0 radical (unpaired) electrons. The van der Waals surface area contributed by atoms with E-state index in [2.05, 4.69) is 0 Å². The summed E-state index contributed by atoms with van der Waals surface area (Å²) in [6, 6.07) is 6.73. The predicted octanol–water partition coefficient (Wildman–Crippen LogP) is 1.60. The number of benzene rings is 1. The van der Waals surface area contributed by atoms with Crippen molar-refractivity contribution in [3.63, 3.8) is 0 Å². The Morgan fingerprint density at radius 1 is 1.36 bits per heavy atom. The van der Waals surface area contributed by atoms with Crippen LogP contribution in [-0.2, 0) is 6.42 Å². The molecule has 0 aliphatic carbocycles. The van der Waals surface area contributed by atoms with E-state index < -0.39 is 5.66 Å². The van der Waals surface area contributed by atoms with Crippen LogP contribution in [0.5, 0.6) is 0 Å². The van der Waals surface area contributed by atoms with E-state index in [0.29, 0.717) is 12.0 Å². The molecule has 1 aromatic rings. The van der Waals surface area contributed by atoms with Gasteiger partial charge < -0.3 is 5.73 Å². The smallest absolute Gasteiger partial charge is 0.126 e. The molecule has 0 aliphatic heterocycles. The molecule has 0 fully saturated rings. The van der Waals surface area contributed by atoms with E-state index in [-0.39, 0.29) is 5.82 Å². The van der Waals surface area contributed by atoms with E-state index in [1.165, 1.54) is 6.07 Å². The molecule has 14 heavy (non-hydrogen) atoms. The Kier molecular flexibility index (Phi) is 3.24. The molecule has 2 N–H and O–H groups in total. The molecule has 3 heteroatoms. The summed E-state index contributed by atoms with van der Waals surface area (Å²) in [6.45, 7) is 1.89. The highest BCUT2D eigenvalue weighted by atomic mass is 19.1. The lowest BCUT2D eigenvalue weighted by Gasteiger charge is -2.32. The van der Waals surface area contributed by atoms with E-state index >= 15 is 0 Å². The van der Waals surface area contributed by atoms with Crippen LogP contribution < -0.4 is 5.73 Å². The highest BCUT2D eigenvalue weighted by molar-refractivity contribution is 5.19. The Morgan fingerprint density at radius 2 is 1.93 bits per heavy atom. The minimum absolute atomic E-state index is 0.189. The fourth-order valence-electron chi connectivity index (χ4n) is 1.19. The van der Waals surface area contributed by atoms with Crippen LogP contribution in [0.1, 0.15) is 12.5 Å². The lowest BCUT2D eigenvalue weighted by molar-refractivity contribution is 0.179. The van der Waals surface area contributed by atoms with Gasteiger partial charge in [-0.1, -0.05) is 18.2 Å². The van der Waals surface area contributed by atoms with E-state index in [1.54, 1.807) is 12.1 Å². The lowest BCUT2D eigenvalue weighted by Crippen LogP contribution is -2.51. The summed E-state index contributed by atoms with van der Waals surface area (Å²) >= 11 is 0. The molecule has 1 rings (SSSR count). The molecule has 0 saturated heterocycles. The molecule has 1 aromatic carbocycles. The highest BCUT2D eigenvalue weighted by Crippen LogP contribution is 2.15. The van der Waals surface area contributed by atoms with Crippen molar-refractivity contribution in [2.24, 2.45) is 5.73 Å². The van der Waals surface area contributed by atoms with E-state index in [9.17, 15) is 4.39 Å². The molecule has 1 atom stereocenters. The normalized spacial score (nSPS) is 15.6. The second-order valence-corrected chi connectivity index (χ2v) is 4.02. The van der Waals surface area contributed by atoms with Gasteiger partial charge in [0, 0.05) is 6.42 Å². The number of nitrogens with zero attached hydrogens (tertiary/aromatic N) is 1. The maximum absolute atomic E-state index is 13.3. The monoisotopic (exact) mass is 196 g/mol. The van der Waals surface area contributed by atoms with Crippen LogP contribution in [0.4, 0.5) is 4.39 Å². The third-order valence-electron chi connectivity index (χ3n) is 2.53. The maximum atomic E-state index is 13.3.